The molecule has 1 atom stereocenters. The first-order valence-electron chi connectivity index (χ1n) is 8.66. The fourth-order valence-electron chi connectivity index (χ4n) is 3.28. The Hall–Kier alpha value is -2.04. The summed E-state index contributed by atoms with van der Waals surface area (Å²) in [5, 5.41) is 0. The molecule has 1 unspecified atom stereocenters. The van der Waals surface area contributed by atoms with Crippen molar-refractivity contribution in [2.45, 2.75) is 25.3 Å². The zero-order valence-electron chi connectivity index (χ0n) is 14.3. The molecule has 1 heterocycles. The van der Waals surface area contributed by atoms with Gasteiger partial charge in [0, 0.05) is 18.7 Å². The molecule has 0 spiro atoms. The SMILES string of the molecule is COc1cccc(Oc2ccc(C(CN)N3CCCCC3)cc2)c1. The third-order valence-corrected chi connectivity index (χ3v) is 4.60. The molecule has 128 valence electrons. The third kappa shape index (κ3) is 4.08. The van der Waals surface area contributed by atoms with Gasteiger partial charge in [-0.1, -0.05) is 24.6 Å². The number of methoxy groups -OCH3 is 1. The van der Waals surface area contributed by atoms with Gasteiger partial charge >= 0.3 is 0 Å². The van der Waals surface area contributed by atoms with Gasteiger partial charge in [-0.25, -0.2) is 0 Å². The lowest BCUT2D eigenvalue weighted by atomic mass is 10.0. The van der Waals surface area contributed by atoms with Crippen LogP contribution in [-0.2, 0) is 0 Å². The molecular formula is C20H26N2O2. The van der Waals surface area contributed by atoms with Crippen molar-refractivity contribution in [1.29, 1.82) is 0 Å². The van der Waals surface area contributed by atoms with Crippen molar-refractivity contribution in [1.82, 2.24) is 4.90 Å². The average Bonchev–Trinajstić information content (AvgIpc) is 2.65. The molecule has 1 fully saturated rings. The van der Waals surface area contributed by atoms with Crippen molar-refractivity contribution in [3.05, 3.63) is 54.1 Å². The molecule has 2 aromatic rings. The number of nitrogens with two attached hydrogens (primary N) is 1. The summed E-state index contributed by atoms with van der Waals surface area (Å²) in [6.45, 7) is 2.93. The fraction of sp³-hybridized carbons (Fsp3) is 0.400. The van der Waals surface area contributed by atoms with Gasteiger partial charge in [0.1, 0.15) is 17.2 Å². The molecule has 0 aromatic heterocycles. The maximum absolute atomic E-state index is 6.04. The summed E-state index contributed by atoms with van der Waals surface area (Å²) in [4.78, 5) is 2.50. The molecular weight excluding hydrogens is 300 g/mol. The number of benzene rings is 2. The van der Waals surface area contributed by atoms with Crippen LogP contribution in [0.3, 0.4) is 0 Å². The van der Waals surface area contributed by atoms with Gasteiger partial charge in [0.2, 0.25) is 0 Å². The van der Waals surface area contributed by atoms with Gasteiger partial charge in [0.25, 0.3) is 0 Å². The molecule has 4 nitrogen and oxygen atoms in total. The van der Waals surface area contributed by atoms with E-state index < -0.39 is 0 Å². The molecule has 24 heavy (non-hydrogen) atoms. The second-order valence-corrected chi connectivity index (χ2v) is 6.20. The Morgan fingerprint density at radius 2 is 1.67 bits per heavy atom. The van der Waals surface area contributed by atoms with Crippen molar-refractivity contribution < 1.29 is 9.47 Å². The third-order valence-electron chi connectivity index (χ3n) is 4.60. The molecule has 0 bridgehead atoms. The molecule has 1 saturated heterocycles. The highest BCUT2D eigenvalue weighted by Crippen LogP contribution is 2.28. The minimum Gasteiger partial charge on any atom is -0.497 e. The first kappa shape index (κ1) is 16.8. The van der Waals surface area contributed by atoms with Crippen LogP contribution in [0, 0.1) is 0 Å². The maximum Gasteiger partial charge on any atom is 0.131 e. The Kier molecular flexibility index (Phi) is 5.72. The summed E-state index contributed by atoms with van der Waals surface area (Å²) in [6, 6.07) is 16.2. The summed E-state index contributed by atoms with van der Waals surface area (Å²) in [6.07, 6.45) is 3.88. The highest BCUT2D eigenvalue weighted by atomic mass is 16.5. The number of hydrogen-bond donors (Lipinski definition) is 1. The molecule has 0 saturated carbocycles. The lowest BCUT2D eigenvalue weighted by molar-refractivity contribution is 0.167. The molecule has 2 aromatic carbocycles. The smallest absolute Gasteiger partial charge is 0.131 e. The normalized spacial score (nSPS) is 16.6. The summed E-state index contributed by atoms with van der Waals surface area (Å²) in [5.74, 6) is 2.38. The summed E-state index contributed by atoms with van der Waals surface area (Å²) in [7, 11) is 1.65. The van der Waals surface area contributed by atoms with Gasteiger partial charge in [-0.2, -0.15) is 0 Å². The molecule has 3 rings (SSSR count). The van der Waals surface area contributed by atoms with E-state index >= 15 is 0 Å². The van der Waals surface area contributed by atoms with E-state index in [2.05, 4.69) is 17.0 Å². The number of piperidine rings is 1. The number of nitrogens with zero attached hydrogens (tertiary/aromatic N) is 1. The fourth-order valence-corrected chi connectivity index (χ4v) is 3.28. The van der Waals surface area contributed by atoms with Crippen molar-refractivity contribution >= 4 is 0 Å². The van der Waals surface area contributed by atoms with E-state index in [0.717, 1.165) is 30.3 Å². The Labute approximate surface area is 144 Å². The van der Waals surface area contributed by atoms with Crippen LogP contribution < -0.4 is 15.2 Å². The van der Waals surface area contributed by atoms with Crippen LogP contribution in [0.2, 0.25) is 0 Å². The van der Waals surface area contributed by atoms with E-state index in [4.69, 9.17) is 15.2 Å². The minimum absolute atomic E-state index is 0.302. The lowest BCUT2D eigenvalue weighted by Crippen LogP contribution is -2.37. The summed E-state index contributed by atoms with van der Waals surface area (Å²) in [5.41, 5.74) is 7.30. The van der Waals surface area contributed by atoms with Crippen LogP contribution in [0.4, 0.5) is 0 Å². The monoisotopic (exact) mass is 326 g/mol. The van der Waals surface area contributed by atoms with Crippen LogP contribution in [0.1, 0.15) is 30.9 Å². The van der Waals surface area contributed by atoms with E-state index in [1.807, 2.05) is 36.4 Å². The van der Waals surface area contributed by atoms with Gasteiger partial charge in [0.05, 0.1) is 7.11 Å². The topological polar surface area (TPSA) is 47.7 Å². The van der Waals surface area contributed by atoms with Gasteiger partial charge in [-0.3, -0.25) is 4.90 Å². The zero-order valence-corrected chi connectivity index (χ0v) is 14.3. The highest BCUT2D eigenvalue weighted by molar-refractivity contribution is 5.38. The molecule has 0 radical (unpaired) electrons. The van der Waals surface area contributed by atoms with E-state index in [1.54, 1.807) is 7.11 Å². The standard InChI is InChI=1S/C20H26N2O2/c1-23-18-6-5-7-19(14-18)24-17-10-8-16(9-11-17)20(15-21)22-12-3-2-4-13-22/h5-11,14,20H,2-4,12-13,15,21H2,1H3. The Balaban J connectivity index is 1.69. The number of likely N-dealkylation sites (tertiary alicyclic amines) is 1. The number of rotatable bonds is 6. The van der Waals surface area contributed by atoms with E-state index in [1.165, 1.54) is 24.8 Å². The number of hydrogen-bond acceptors (Lipinski definition) is 4. The van der Waals surface area contributed by atoms with Gasteiger partial charge in [-0.15, -0.1) is 0 Å². The van der Waals surface area contributed by atoms with Crippen molar-refractivity contribution in [3.63, 3.8) is 0 Å². The largest absolute Gasteiger partial charge is 0.497 e. The predicted octanol–water partition coefficient (Wildman–Crippen LogP) is 3.97. The molecule has 0 aliphatic carbocycles. The van der Waals surface area contributed by atoms with E-state index in [-0.39, 0.29) is 0 Å². The van der Waals surface area contributed by atoms with Crippen molar-refractivity contribution in [2.75, 3.05) is 26.7 Å². The maximum atomic E-state index is 6.04. The second kappa shape index (κ2) is 8.18. The summed E-state index contributed by atoms with van der Waals surface area (Å²) >= 11 is 0. The first-order valence-corrected chi connectivity index (χ1v) is 8.66. The summed E-state index contributed by atoms with van der Waals surface area (Å²) < 4.78 is 11.1. The molecule has 1 aliphatic rings. The van der Waals surface area contributed by atoms with Crippen molar-refractivity contribution in [3.8, 4) is 17.2 Å². The van der Waals surface area contributed by atoms with Crippen LogP contribution in [0.15, 0.2) is 48.5 Å². The van der Waals surface area contributed by atoms with Gasteiger partial charge in [-0.05, 0) is 55.8 Å². The Bertz CT molecular complexity index is 636. The second-order valence-electron chi connectivity index (χ2n) is 6.20. The highest BCUT2D eigenvalue weighted by Gasteiger charge is 2.20. The molecule has 0 amide bonds. The lowest BCUT2D eigenvalue weighted by Gasteiger charge is -2.34. The molecule has 2 N–H and O–H groups in total. The quantitative estimate of drug-likeness (QED) is 0.872. The van der Waals surface area contributed by atoms with Crippen LogP contribution in [0.25, 0.3) is 0 Å². The van der Waals surface area contributed by atoms with E-state index in [0.29, 0.717) is 12.6 Å². The Morgan fingerprint density at radius 3 is 2.33 bits per heavy atom. The number of ether oxygens (including phenoxy) is 2. The molecule has 4 heteroatoms. The van der Waals surface area contributed by atoms with Crippen molar-refractivity contribution in [2.24, 2.45) is 5.73 Å². The van der Waals surface area contributed by atoms with Gasteiger partial charge < -0.3 is 15.2 Å². The van der Waals surface area contributed by atoms with Crippen LogP contribution >= 0.6 is 0 Å². The Morgan fingerprint density at radius 1 is 0.958 bits per heavy atom. The van der Waals surface area contributed by atoms with Crippen LogP contribution in [-0.4, -0.2) is 31.6 Å². The molecule has 1 aliphatic heterocycles. The first-order chi connectivity index (χ1) is 11.8. The minimum atomic E-state index is 0.302. The van der Waals surface area contributed by atoms with E-state index in [9.17, 15) is 0 Å². The zero-order chi connectivity index (χ0) is 16.8. The predicted molar refractivity (Wildman–Crippen MR) is 96.7 cm³/mol. The van der Waals surface area contributed by atoms with Gasteiger partial charge in [0.15, 0.2) is 0 Å². The van der Waals surface area contributed by atoms with Crippen LogP contribution in [0.5, 0.6) is 17.2 Å². The average molecular weight is 326 g/mol.